The van der Waals surface area contributed by atoms with Crippen molar-refractivity contribution in [3.63, 3.8) is 0 Å². The van der Waals surface area contributed by atoms with Crippen LogP contribution in [0.1, 0.15) is 26.7 Å². The summed E-state index contributed by atoms with van der Waals surface area (Å²) in [5.74, 6) is -0.161. The number of rotatable bonds is 6. The molecule has 0 bridgehead atoms. The van der Waals surface area contributed by atoms with E-state index in [1.165, 1.54) is 0 Å². The molecule has 0 aromatic carbocycles. The second kappa shape index (κ2) is 7.48. The highest BCUT2D eigenvalue weighted by Gasteiger charge is 2.26. The van der Waals surface area contributed by atoms with Crippen LogP contribution in [0.2, 0.25) is 0 Å². The van der Waals surface area contributed by atoms with Gasteiger partial charge in [-0.3, -0.25) is 14.9 Å². The maximum absolute atomic E-state index is 11.7. The van der Waals surface area contributed by atoms with Gasteiger partial charge < -0.3 is 5.32 Å². The Morgan fingerprint density at radius 2 is 2.10 bits per heavy atom. The molecule has 1 saturated heterocycles. The van der Waals surface area contributed by atoms with Crippen LogP contribution in [0, 0.1) is 5.92 Å². The number of allylic oxidation sites excluding steroid dienone is 5. The van der Waals surface area contributed by atoms with Crippen molar-refractivity contribution in [1.82, 2.24) is 10.6 Å². The number of carbonyl (C=O) groups excluding carboxylic acids is 2. The molecule has 0 spiro atoms. The minimum Gasteiger partial charge on any atom is -0.374 e. The summed E-state index contributed by atoms with van der Waals surface area (Å²) in [6, 6.07) is -0.394. The van der Waals surface area contributed by atoms with Crippen LogP contribution in [0.15, 0.2) is 48.7 Å². The minimum absolute atomic E-state index is 0.216. The van der Waals surface area contributed by atoms with Gasteiger partial charge in [0.2, 0.25) is 11.8 Å². The van der Waals surface area contributed by atoms with Crippen LogP contribution >= 0.6 is 0 Å². The van der Waals surface area contributed by atoms with E-state index in [-0.39, 0.29) is 11.8 Å². The smallest absolute Gasteiger partial charge is 0.249 e. The fourth-order valence-corrected chi connectivity index (χ4v) is 1.91. The quantitative estimate of drug-likeness (QED) is 0.577. The first-order chi connectivity index (χ1) is 9.47. The predicted molar refractivity (Wildman–Crippen MR) is 80.7 cm³/mol. The Kier molecular flexibility index (Phi) is 5.97. The van der Waals surface area contributed by atoms with Gasteiger partial charge in [-0.2, -0.15) is 0 Å². The molecule has 0 aromatic rings. The van der Waals surface area contributed by atoms with Crippen molar-refractivity contribution < 1.29 is 9.59 Å². The molecule has 1 rings (SSSR count). The summed E-state index contributed by atoms with van der Waals surface area (Å²) < 4.78 is 0. The zero-order valence-electron chi connectivity index (χ0n) is 12.1. The Bertz CT molecular complexity index is 473. The van der Waals surface area contributed by atoms with Gasteiger partial charge in [0, 0.05) is 12.1 Å². The Morgan fingerprint density at radius 1 is 1.40 bits per heavy atom. The van der Waals surface area contributed by atoms with Gasteiger partial charge in [0.25, 0.3) is 0 Å². The van der Waals surface area contributed by atoms with Crippen molar-refractivity contribution in [2.24, 2.45) is 5.92 Å². The average Bonchev–Trinajstić information content (AvgIpc) is 2.39. The zero-order chi connectivity index (χ0) is 15.1. The van der Waals surface area contributed by atoms with Gasteiger partial charge in [-0.05, 0) is 30.1 Å². The number of amides is 2. The van der Waals surface area contributed by atoms with Crippen molar-refractivity contribution in [3.05, 3.63) is 48.7 Å². The Hall–Kier alpha value is -2.10. The molecule has 1 aliphatic rings. The SMILES string of the molecule is C=C/C=C(\C=C(/C=C)NC1CCC(=O)NC1=O)C(C)C. The van der Waals surface area contributed by atoms with Gasteiger partial charge in [-0.25, -0.2) is 0 Å². The third kappa shape index (κ3) is 4.53. The highest BCUT2D eigenvalue weighted by atomic mass is 16.2. The van der Waals surface area contributed by atoms with E-state index in [0.717, 1.165) is 11.3 Å². The third-order valence-electron chi connectivity index (χ3n) is 3.10. The summed E-state index contributed by atoms with van der Waals surface area (Å²) in [6.07, 6.45) is 8.14. The maximum Gasteiger partial charge on any atom is 0.249 e. The van der Waals surface area contributed by atoms with Crippen molar-refractivity contribution in [2.45, 2.75) is 32.7 Å². The molecule has 1 heterocycles. The second-order valence-corrected chi connectivity index (χ2v) is 5.01. The van der Waals surface area contributed by atoms with Crippen LogP contribution < -0.4 is 10.6 Å². The third-order valence-corrected chi connectivity index (χ3v) is 3.10. The molecule has 4 heteroatoms. The van der Waals surface area contributed by atoms with Gasteiger partial charge in [0.1, 0.15) is 6.04 Å². The lowest BCUT2D eigenvalue weighted by Crippen LogP contribution is -2.50. The first-order valence-corrected chi connectivity index (χ1v) is 6.75. The number of nitrogens with one attached hydrogen (secondary N) is 2. The average molecular weight is 274 g/mol. The second-order valence-electron chi connectivity index (χ2n) is 5.01. The summed E-state index contributed by atoms with van der Waals surface area (Å²) in [5.41, 5.74) is 1.86. The summed E-state index contributed by atoms with van der Waals surface area (Å²) in [7, 11) is 0. The molecule has 0 aromatic heterocycles. The van der Waals surface area contributed by atoms with Crippen molar-refractivity contribution in [3.8, 4) is 0 Å². The Morgan fingerprint density at radius 3 is 2.60 bits per heavy atom. The lowest BCUT2D eigenvalue weighted by atomic mass is 10.0. The lowest BCUT2D eigenvalue weighted by molar-refractivity contribution is -0.134. The van der Waals surface area contributed by atoms with Gasteiger partial charge in [-0.1, -0.05) is 39.2 Å². The van der Waals surface area contributed by atoms with Gasteiger partial charge in [0.05, 0.1) is 0 Å². The number of hydrogen-bond donors (Lipinski definition) is 2. The summed E-state index contributed by atoms with van der Waals surface area (Å²) in [5, 5.41) is 5.45. The highest BCUT2D eigenvalue weighted by molar-refractivity contribution is 6.00. The van der Waals surface area contributed by atoms with E-state index >= 15 is 0 Å². The molecule has 2 N–H and O–H groups in total. The standard InChI is InChI=1S/C16H22N2O2/c1-5-7-12(11(3)4)10-13(6-2)17-14-8-9-15(19)18-16(14)20/h5-7,10-11,14,17H,1-2,8-9H2,3-4H3,(H,18,19,20)/b12-7+,13-10+. The van der Waals surface area contributed by atoms with Crippen molar-refractivity contribution >= 4 is 11.8 Å². The number of piperidine rings is 1. The summed E-state index contributed by atoms with van der Waals surface area (Å²) >= 11 is 0. The monoisotopic (exact) mass is 274 g/mol. The van der Waals surface area contributed by atoms with Crippen LogP contribution in [-0.4, -0.2) is 17.9 Å². The largest absolute Gasteiger partial charge is 0.374 e. The van der Waals surface area contributed by atoms with Crippen LogP contribution in [0.4, 0.5) is 0 Å². The molecular weight excluding hydrogens is 252 g/mol. The molecule has 0 saturated carbocycles. The molecule has 0 radical (unpaired) electrons. The van der Waals surface area contributed by atoms with E-state index in [2.05, 4.69) is 37.6 Å². The van der Waals surface area contributed by atoms with E-state index < -0.39 is 6.04 Å². The summed E-state index contributed by atoms with van der Waals surface area (Å²) in [6.45, 7) is 11.6. The first-order valence-electron chi connectivity index (χ1n) is 6.75. The molecule has 1 unspecified atom stereocenters. The van der Waals surface area contributed by atoms with Crippen molar-refractivity contribution in [2.75, 3.05) is 0 Å². The zero-order valence-corrected chi connectivity index (χ0v) is 12.1. The van der Waals surface area contributed by atoms with Crippen molar-refractivity contribution in [1.29, 1.82) is 0 Å². The molecule has 1 fully saturated rings. The van der Waals surface area contributed by atoms with E-state index in [1.807, 2.05) is 12.2 Å². The molecule has 0 aliphatic carbocycles. The highest BCUT2D eigenvalue weighted by Crippen LogP contribution is 2.14. The fourth-order valence-electron chi connectivity index (χ4n) is 1.91. The molecule has 1 atom stereocenters. The van der Waals surface area contributed by atoms with Gasteiger partial charge in [-0.15, -0.1) is 0 Å². The maximum atomic E-state index is 11.7. The predicted octanol–water partition coefficient (Wildman–Crippen LogP) is 2.22. The molecule has 20 heavy (non-hydrogen) atoms. The number of imide groups is 1. The van der Waals surface area contributed by atoms with E-state index in [1.54, 1.807) is 12.2 Å². The molecule has 4 nitrogen and oxygen atoms in total. The number of hydrogen-bond acceptors (Lipinski definition) is 3. The van der Waals surface area contributed by atoms with E-state index in [9.17, 15) is 9.59 Å². The van der Waals surface area contributed by atoms with Gasteiger partial charge >= 0.3 is 0 Å². The lowest BCUT2D eigenvalue weighted by Gasteiger charge is -2.23. The Labute approximate surface area is 120 Å². The summed E-state index contributed by atoms with van der Waals surface area (Å²) in [4.78, 5) is 22.8. The molecule has 2 amide bonds. The normalized spacial score (nSPS) is 20.6. The van der Waals surface area contributed by atoms with E-state index in [0.29, 0.717) is 18.8 Å². The van der Waals surface area contributed by atoms with Crippen LogP contribution in [-0.2, 0) is 9.59 Å². The number of carbonyl (C=O) groups is 2. The first kappa shape index (κ1) is 16.0. The van der Waals surface area contributed by atoms with Crippen LogP contribution in [0.3, 0.4) is 0 Å². The fraction of sp³-hybridized carbons (Fsp3) is 0.375. The van der Waals surface area contributed by atoms with E-state index in [4.69, 9.17) is 0 Å². The van der Waals surface area contributed by atoms with Crippen LogP contribution in [0.25, 0.3) is 0 Å². The van der Waals surface area contributed by atoms with Gasteiger partial charge in [0.15, 0.2) is 0 Å². The molecule has 1 aliphatic heterocycles. The minimum atomic E-state index is -0.394. The molecular formula is C16H22N2O2. The van der Waals surface area contributed by atoms with Crippen LogP contribution in [0.5, 0.6) is 0 Å². The molecule has 108 valence electrons. The Balaban J connectivity index is 2.83. The topological polar surface area (TPSA) is 58.2 Å².